The van der Waals surface area contributed by atoms with Crippen LogP contribution in [0.3, 0.4) is 0 Å². The Morgan fingerprint density at radius 3 is 2.43 bits per heavy atom. The Kier molecular flexibility index (Phi) is 4.46. The van der Waals surface area contributed by atoms with Crippen LogP contribution in [0.15, 0.2) is 66.7 Å². The minimum atomic E-state index is -0.735. The lowest BCUT2D eigenvalue weighted by Crippen LogP contribution is -2.41. The van der Waals surface area contributed by atoms with Gasteiger partial charge in [0, 0.05) is 23.2 Å². The fourth-order valence-electron chi connectivity index (χ4n) is 3.24. The molecule has 2 amide bonds. The van der Waals surface area contributed by atoms with E-state index in [1.54, 1.807) is 6.07 Å². The number of nitrogens with one attached hydrogen (secondary N) is 2. The molecule has 1 saturated heterocycles. The Hall–Kier alpha value is -3.78. The average molecular weight is 376 g/mol. The van der Waals surface area contributed by atoms with Crippen molar-refractivity contribution in [3.05, 3.63) is 76.8 Å². The van der Waals surface area contributed by atoms with Gasteiger partial charge in [0.05, 0.1) is 17.0 Å². The summed E-state index contributed by atoms with van der Waals surface area (Å²) in [5.41, 5.74) is 6.77. The van der Waals surface area contributed by atoms with Gasteiger partial charge in [-0.1, -0.05) is 36.4 Å². The number of imide groups is 1. The van der Waals surface area contributed by atoms with Crippen molar-refractivity contribution in [3.8, 4) is 0 Å². The summed E-state index contributed by atoms with van der Waals surface area (Å²) in [5, 5.41) is 12.5. The van der Waals surface area contributed by atoms with Crippen LogP contribution in [0, 0.1) is 10.1 Å². The van der Waals surface area contributed by atoms with Crippen LogP contribution < -0.4 is 15.8 Å². The molecular formula is C20H16N4O4. The van der Waals surface area contributed by atoms with E-state index >= 15 is 0 Å². The monoisotopic (exact) mass is 376 g/mol. The van der Waals surface area contributed by atoms with Crippen LogP contribution in [-0.4, -0.2) is 22.8 Å². The second kappa shape index (κ2) is 7.09. The number of hydrazine groups is 1. The van der Waals surface area contributed by atoms with Crippen LogP contribution in [0.1, 0.15) is 6.42 Å². The first-order valence-corrected chi connectivity index (χ1v) is 8.65. The van der Waals surface area contributed by atoms with Crippen LogP contribution in [0.4, 0.5) is 17.1 Å². The fourth-order valence-corrected chi connectivity index (χ4v) is 3.24. The van der Waals surface area contributed by atoms with Crippen molar-refractivity contribution in [2.75, 3.05) is 10.3 Å². The number of carbonyl (C=O) groups excluding carboxylic acids is 2. The molecule has 4 rings (SSSR count). The smallest absolute Gasteiger partial charge is 0.269 e. The Balaban J connectivity index is 1.52. The number of carbonyl (C=O) groups is 2. The molecule has 1 heterocycles. The number of amides is 2. The van der Waals surface area contributed by atoms with Gasteiger partial charge in [-0.05, 0) is 23.6 Å². The van der Waals surface area contributed by atoms with Gasteiger partial charge in [-0.25, -0.2) is 10.3 Å². The standard InChI is InChI=1S/C20H16N4O4/c25-19-12-17(22-21-14-8-10-15(11-9-14)24(27)28)20(26)23(19)18-7-3-5-13-4-1-2-6-16(13)18/h1-11,17,21-22H,12H2. The Morgan fingerprint density at radius 2 is 1.68 bits per heavy atom. The third kappa shape index (κ3) is 3.17. The second-order valence-corrected chi connectivity index (χ2v) is 6.40. The molecule has 0 saturated carbocycles. The van der Waals surface area contributed by atoms with Crippen molar-refractivity contribution in [2.24, 2.45) is 0 Å². The Bertz CT molecular complexity index is 1080. The van der Waals surface area contributed by atoms with Gasteiger partial charge in [-0.2, -0.15) is 0 Å². The second-order valence-electron chi connectivity index (χ2n) is 6.40. The number of non-ortho nitro benzene ring substituents is 1. The van der Waals surface area contributed by atoms with Crippen LogP contribution in [0.25, 0.3) is 10.8 Å². The number of nitrogens with zero attached hydrogens (tertiary/aromatic N) is 2. The van der Waals surface area contributed by atoms with Gasteiger partial charge in [0.15, 0.2) is 0 Å². The van der Waals surface area contributed by atoms with E-state index in [1.165, 1.54) is 29.2 Å². The van der Waals surface area contributed by atoms with Crippen molar-refractivity contribution in [3.63, 3.8) is 0 Å². The van der Waals surface area contributed by atoms with Crippen LogP contribution >= 0.6 is 0 Å². The molecule has 0 bridgehead atoms. The molecule has 140 valence electrons. The SMILES string of the molecule is O=C1CC(NNc2ccc([N+](=O)[O-])cc2)C(=O)N1c1cccc2ccccc12. The van der Waals surface area contributed by atoms with E-state index in [0.29, 0.717) is 11.4 Å². The summed E-state index contributed by atoms with van der Waals surface area (Å²) < 4.78 is 0. The number of anilines is 2. The van der Waals surface area contributed by atoms with Crippen LogP contribution in [-0.2, 0) is 9.59 Å². The lowest BCUT2D eigenvalue weighted by Gasteiger charge is -2.18. The van der Waals surface area contributed by atoms with E-state index in [0.717, 1.165) is 10.8 Å². The quantitative estimate of drug-likeness (QED) is 0.403. The van der Waals surface area contributed by atoms with Gasteiger partial charge in [0.2, 0.25) is 5.91 Å². The van der Waals surface area contributed by atoms with E-state index in [4.69, 9.17) is 0 Å². The molecule has 0 radical (unpaired) electrons. The Labute approximate surface area is 159 Å². The summed E-state index contributed by atoms with van der Waals surface area (Å²) in [6, 6.07) is 18.1. The molecule has 3 aromatic rings. The number of nitro benzene ring substituents is 1. The van der Waals surface area contributed by atoms with E-state index in [-0.39, 0.29) is 23.9 Å². The van der Waals surface area contributed by atoms with Crippen molar-refractivity contribution in [1.29, 1.82) is 0 Å². The number of hydrogen-bond acceptors (Lipinski definition) is 6. The van der Waals surface area contributed by atoms with Gasteiger partial charge < -0.3 is 5.43 Å². The number of fused-ring (bicyclic) bond motifs is 1. The Morgan fingerprint density at radius 1 is 0.964 bits per heavy atom. The molecule has 1 atom stereocenters. The number of rotatable bonds is 5. The predicted molar refractivity (Wildman–Crippen MR) is 105 cm³/mol. The highest BCUT2D eigenvalue weighted by atomic mass is 16.6. The summed E-state index contributed by atoms with van der Waals surface area (Å²) in [4.78, 5) is 36.8. The van der Waals surface area contributed by atoms with Gasteiger partial charge in [0.25, 0.3) is 11.6 Å². The molecule has 8 heteroatoms. The highest BCUT2D eigenvalue weighted by Gasteiger charge is 2.40. The predicted octanol–water partition coefficient (Wildman–Crippen LogP) is 3.00. The summed E-state index contributed by atoms with van der Waals surface area (Å²) in [5.74, 6) is -0.639. The number of hydrogen-bond donors (Lipinski definition) is 2. The lowest BCUT2D eigenvalue weighted by atomic mass is 10.1. The minimum Gasteiger partial charge on any atom is -0.321 e. The normalized spacial score (nSPS) is 16.6. The lowest BCUT2D eigenvalue weighted by molar-refractivity contribution is -0.384. The molecule has 8 nitrogen and oxygen atoms in total. The fraction of sp³-hybridized carbons (Fsp3) is 0.100. The highest BCUT2D eigenvalue weighted by Crippen LogP contribution is 2.30. The van der Waals surface area contributed by atoms with Crippen molar-refractivity contribution in [2.45, 2.75) is 12.5 Å². The van der Waals surface area contributed by atoms with Gasteiger partial charge >= 0.3 is 0 Å². The van der Waals surface area contributed by atoms with E-state index in [1.807, 2.05) is 36.4 Å². The van der Waals surface area contributed by atoms with Gasteiger partial charge in [-0.15, -0.1) is 0 Å². The van der Waals surface area contributed by atoms with Crippen LogP contribution in [0.5, 0.6) is 0 Å². The molecule has 2 N–H and O–H groups in total. The minimum absolute atomic E-state index is 0.0159. The zero-order valence-electron chi connectivity index (χ0n) is 14.7. The maximum absolute atomic E-state index is 12.8. The molecule has 1 fully saturated rings. The first-order valence-electron chi connectivity index (χ1n) is 8.65. The molecule has 0 aromatic heterocycles. The van der Waals surface area contributed by atoms with Gasteiger partial charge in [-0.3, -0.25) is 19.7 Å². The maximum atomic E-state index is 12.8. The average Bonchev–Trinajstić information content (AvgIpc) is 2.99. The maximum Gasteiger partial charge on any atom is 0.269 e. The third-order valence-corrected chi connectivity index (χ3v) is 4.62. The molecular weight excluding hydrogens is 360 g/mol. The van der Waals surface area contributed by atoms with Crippen molar-refractivity contribution < 1.29 is 14.5 Å². The summed E-state index contributed by atoms with van der Waals surface area (Å²) >= 11 is 0. The molecule has 0 aliphatic carbocycles. The van der Waals surface area contributed by atoms with Crippen LogP contribution in [0.2, 0.25) is 0 Å². The molecule has 1 unspecified atom stereocenters. The first kappa shape index (κ1) is 17.6. The van der Waals surface area contributed by atoms with Crippen molar-refractivity contribution >= 4 is 39.6 Å². The molecule has 28 heavy (non-hydrogen) atoms. The molecule has 1 aliphatic rings. The molecule has 0 spiro atoms. The van der Waals surface area contributed by atoms with Crippen molar-refractivity contribution in [1.82, 2.24) is 5.43 Å². The zero-order valence-corrected chi connectivity index (χ0v) is 14.7. The first-order chi connectivity index (χ1) is 13.5. The number of nitro groups is 1. The molecule has 3 aromatic carbocycles. The zero-order chi connectivity index (χ0) is 19.7. The largest absolute Gasteiger partial charge is 0.321 e. The third-order valence-electron chi connectivity index (χ3n) is 4.62. The van der Waals surface area contributed by atoms with E-state index in [9.17, 15) is 19.7 Å². The number of benzene rings is 3. The highest BCUT2D eigenvalue weighted by molar-refractivity contribution is 6.25. The summed E-state index contributed by atoms with van der Waals surface area (Å²) in [6.07, 6.45) is 0.0159. The topological polar surface area (TPSA) is 105 Å². The van der Waals surface area contributed by atoms with Gasteiger partial charge in [0.1, 0.15) is 6.04 Å². The van der Waals surface area contributed by atoms with E-state index < -0.39 is 11.0 Å². The summed E-state index contributed by atoms with van der Waals surface area (Å²) in [7, 11) is 0. The van der Waals surface area contributed by atoms with E-state index in [2.05, 4.69) is 10.9 Å². The summed E-state index contributed by atoms with van der Waals surface area (Å²) in [6.45, 7) is 0. The molecule has 1 aliphatic heterocycles.